The summed E-state index contributed by atoms with van der Waals surface area (Å²) < 4.78 is 13.0. The van der Waals surface area contributed by atoms with E-state index >= 15 is 0 Å². The minimum Gasteiger partial charge on any atom is -0.309 e. The van der Waals surface area contributed by atoms with Crippen molar-refractivity contribution < 1.29 is 4.39 Å². The molecule has 106 valence electrons. The molecule has 1 N–H and O–H groups in total. The molecule has 0 saturated carbocycles. The van der Waals surface area contributed by atoms with Crippen molar-refractivity contribution in [2.45, 2.75) is 39.3 Å². The molecule has 0 saturated heterocycles. The van der Waals surface area contributed by atoms with Gasteiger partial charge in [-0.3, -0.25) is 0 Å². The van der Waals surface area contributed by atoms with E-state index in [2.05, 4.69) is 50.4 Å². The predicted octanol–water partition coefficient (Wildman–Crippen LogP) is 4.41. The highest BCUT2D eigenvalue weighted by molar-refractivity contribution is 5.27. The second-order valence-electron chi connectivity index (χ2n) is 6.18. The number of benzene rings is 2. The van der Waals surface area contributed by atoms with E-state index in [0.717, 1.165) is 12.1 Å². The van der Waals surface area contributed by atoms with Crippen molar-refractivity contribution in [2.75, 3.05) is 0 Å². The Hall–Kier alpha value is -1.67. The van der Waals surface area contributed by atoms with Crippen molar-refractivity contribution in [3.05, 3.63) is 71.0 Å². The zero-order valence-corrected chi connectivity index (χ0v) is 12.4. The van der Waals surface area contributed by atoms with Crippen LogP contribution in [0.3, 0.4) is 0 Å². The van der Waals surface area contributed by atoms with Crippen LogP contribution in [0.25, 0.3) is 0 Å². The van der Waals surface area contributed by atoms with E-state index in [4.69, 9.17) is 0 Å². The van der Waals surface area contributed by atoms with Crippen LogP contribution in [0.5, 0.6) is 0 Å². The maximum absolute atomic E-state index is 13.0. The number of nitrogens with one attached hydrogen (secondary N) is 1. The van der Waals surface area contributed by atoms with Gasteiger partial charge >= 0.3 is 0 Å². The van der Waals surface area contributed by atoms with Gasteiger partial charge in [0.05, 0.1) is 0 Å². The van der Waals surface area contributed by atoms with Crippen molar-refractivity contribution in [3.8, 4) is 0 Å². The Morgan fingerprint density at radius 2 is 1.55 bits per heavy atom. The first-order valence-electron chi connectivity index (χ1n) is 7.00. The van der Waals surface area contributed by atoms with E-state index in [1.54, 1.807) is 12.1 Å². The molecule has 0 atom stereocenters. The molecule has 2 heteroatoms. The Kier molecular flexibility index (Phi) is 4.56. The molecule has 0 aliphatic carbocycles. The van der Waals surface area contributed by atoms with E-state index < -0.39 is 0 Å². The van der Waals surface area contributed by atoms with Gasteiger partial charge in [-0.1, -0.05) is 57.2 Å². The first-order chi connectivity index (χ1) is 9.45. The molecule has 0 spiro atoms. The molecule has 0 heterocycles. The second kappa shape index (κ2) is 6.19. The molecule has 0 unspecified atom stereocenters. The van der Waals surface area contributed by atoms with Crippen LogP contribution in [0.1, 0.15) is 37.5 Å². The summed E-state index contributed by atoms with van der Waals surface area (Å²) >= 11 is 0. The Balaban J connectivity index is 1.88. The van der Waals surface area contributed by atoms with E-state index in [0.29, 0.717) is 6.54 Å². The molecule has 0 bridgehead atoms. The van der Waals surface area contributed by atoms with Gasteiger partial charge in [-0.2, -0.15) is 0 Å². The number of rotatable bonds is 4. The van der Waals surface area contributed by atoms with Gasteiger partial charge in [-0.05, 0) is 34.2 Å². The average molecular weight is 271 g/mol. The van der Waals surface area contributed by atoms with Crippen molar-refractivity contribution in [3.63, 3.8) is 0 Å². The maximum Gasteiger partial charge on any atom is 0.123 e. The lowest BCUT2D eigenvalue weighted by Crippen LogP contribution is -2.14. The third kappa shape index (κ3) is 4.17. The molecule has 2 rings (SSSR count). The smallest absolute Gasteiger partial charge is 0.123 e. The van der Waals surface area contributed by atoms with Crippen LogP contribution in [-0.4, -0.2) is 0 Å². The Morgan fingerprint density at radius 1 is 0.900 bits per heavy atom. The average Bonchev–Trinajstić information content (AvgIpc) is 2.38. The highest BCUT2D eigenvalue weighted by Crippen LogP contribution is 2.22. The molecular formula is C18H22FN. The predicted molar refractivity (Wildman–Crippen MR) is 82.1 cm³/mol. The molecule has 0 aliphatic rings. The third-order valence-corrected chi connectivity index (χ3v) is 3.37. The first kappa shape index (κ1) is 14.7. The summed E-state index contributed by atoms with van der Waals surface area (Å²) in [4.78, 5) is 0. The maximum atomic E-state index is 13.0. The van der Waals surface area contributed by atoms with Crippen LogP contribution < -0.4 is 5.32 Å². The zero-order chi connectivity index (χ0) is 14.6. The number of halogens is 1. The standard InChI is InChI=1S/C18H22FN/c1-18(2,3)16-9-7-14(8-10-16)12-20-13-15-5-4-6-17(19)11-15/h4-11,20H,12-13H2,1-3H3. The minimum atomic E-state index is -0.182. The summed E-state index contributed by atoms with van der Waals surface area (Å²) in [5.74, 6) is -0.182. The van der Waals surface area contributed by atoms with Crippen LogP contribution in [-0.2, 0) is 18.5 Å². The van der Waals surface area contributed by atoms with Gasteiger partial charge < -0.3 is 5.32 Å². The molecule has 20 heavy (non-hydrogen) atoms. The topological polar surface area (TPSA) is 12.0 Å². The van der Waals surface area contributed by atoms with E-state index in [1.807, 2.05) is 6.07 Å². The van der Waals surface area contributed by atoms with Crippen molar-refractivity contribution >= 4 is 0 Å². The zero-order valence-electron chi connectivity index (χ0n) is 12.4. The summed E-state index contributed by atoms with van der Waals surface area (Å²) in [7, 11) is 0. The summed E-state index contributed by atoms with van der Waals surface area (Å²) in [5.41, 5.74) is 3.74. The fraction of sp³-hybridized carbons (Fsp3) is 0.333. The summed E-state index contributed by atoms with van der Waals surface area (Å²) in [6.45, 7) is 8.11. The van der Waals surface area contributed by atoms with Crippen LogP contribution >= 0.6 is 0 Å². The van der Waals surface area contributed by atoms with E-state index in [-0.39, 0.29) is 11.2 Å². The molecular weight excluding hydrogens is 249 g/mol. The van der Waals surface area contributed by atoms with Gasteiger partial charge in [-0.15, -0.1) is 0 Å². The fourth-order valence-corrected chi connectivity index (χ4v) is 2.12. The lowest BCUT2D eigenvalue weighted by atomic mass is 9.87. The van der Waals surface area contributed by atoms with Crippen LogP contribution in [0.4, 0.5) is 4.39 Å². The molecule has 1 nitrogen and oxygen atoms in total. The SMILES string of the molecule is CC(C)(C)c1ccc(CNCc2cccc(F)c2)cc1. The molecule has 0 fully saturated rings. The molecule has 0 aliphatic heterocycles. The van der Waals surface area contributed by atoms with Gasteiger partial charge in [0, 0.05) is 13.1 Å². The van der Waals surface area contributed by atoms with Crippen molar-refractivity contribution in [1.29, 1.82) is 0 Å². The largest absolute Gasteiger partial charge is 0.309 e. The molecule has 0 aromatic heterocycles. The highest BCUT2D eigenvalue weighted by atomic mass is 19.1. The normalized spacial score (nSPS) is 11.6. The highest BCUT2D eigenvalue weighted by Gasteiger charge is 2.12. The van der Waals surface area contributed by atoms with Crippen LogP contribution in [0, 0.1) is 5.82 Å². The monoisotopic (exact) mass is 271 g/mol. The van der Waals surface area contributed by atoms with Crippen molar-refractivity contribution in [2.24, 2.45) is 0 Å². The van der Waals surface area contributed by atoms with Gasteiger partial charge in [0.15, 0.2) is 0 Å². The van der Waals surface area contributed by atoms with Gasteiger partial charge in [0.25, 0.3) is 0 Å². The van der Waals surface area contributed by atoms with Gasteiger partial charge in [0.2, 0.25) is 0 Å². The van der Waals surface area contributed by atoms with Gasteiger partial charge in [-0.25, -0.2) is 4.39 Å². The first-order valence-corrected chi connectivity index (χ1v) is 7.00. The molecule has 2 aromatic carbocycles. The molecule has 0 radical (unpaired) electrons. The molecule has 2 aromatic rings. The minimum absolute atomic E-state index is 0.182. The number of hydrogen-bond donors (Lipinski definition) is 1. The van der Waals surface area contributed by atoms with E-state index in [9.17, 15) is 4.39 Å². The molecule has 0 amide bonds. The third-order valence-electron chi connectivity index (χ3n) is 3.37. The lowest BCUT2D eigenvalue weighted by molar-refractivity contribution is 0.589. The summed E-state index contributed by atoms with van der Waals surface area (Å²) in [5, 5.41) is 3.34. The Bertz CT molecular complexity index is 552. The van der Waals surface area contributed by atoms with Crippen LogP contribution in [0.2, 0.25) is 0 Å². The Morgan fingerprint density at radius 3 is 2.15 bits per heavy atom. The van der Waals surface area contributed by atoms with Crippen LogP contribution in [0.15, 0.2) is 48.5 Å². The fourth-order valence-electron chi connectivity index (χ4n) is 2.12. The van der Waals surface area contributed by atoms with Crippen molar-refractivity contribution in [1.82, 2.24) is 5.32 Å². The summed E-state index contributed by atoms with van der Waals surface area (Å²) in [6.07, 6.45) is 0. The number of hydrogen-bond acceptors (Lipinski definition) is 1. The van der Waals surface area contributed by atoms with E-state index in [1.165, 1.54) is 17.2 Å². The van der Waals surface area contributed by atoms with Gasteiger partial charge in [0.1, 0.15) is 5.82 Å². The lowest BCUT2D eigenvalue weighted by Gasteiger charge is -2.19. The second-order valence-corrected chi connectivity index (χ2v) is 6.18. The quantitative estimate of drug-likeness (QED) is 0.868. The Labute approximate surface area is 120 Å². The summed E-state index contributed by atoms with van der Waals surface area (Å²) in [6, 6.07) is 15.4.